The third-order valence-electron chi connectivity index (χ3n) is 1.85. The molecule has 0 aromatic carbocycles. The zero-order valence-corrected chi connectivity index (χ0v) is 9.26. The van der Waals surface area contributed by atoms with E-state index in [0.717, 1.165) is 0 Å². The Bertz CT molecular complexity index is 274. The number of nitriles is 1. The van der Waals surface area contributed by atoms with Gasteiger partial charge in [0.15, 0.2) is 9.84 Å². The molecule has 0 saturated carbocycles. The molecule has 0 radical (unpaired) electrons. The fourth-order valence-electron chi connectivity index (χ4n) is 1.23. The first-order valence-corrected chi connectivity index (χ1v) is 6.24. The van der Waals surface area contributed by atoms with E-state index in [2.05, 4.69) is 0 Å². The van der Waals surface area contributed by atoms with Gasteiger partial charge in [-0.2, -0.15) is 5.26 Å². The molecule has 0 aliphatic rings. The molecule has 1 unspecified atom stereocenters. The van der Waals surface area contributed by atoms with Crippen LogP contribution in [0.3, 0.4) is 0 Å². The minimum absolute atomic E-state index is 0.117. The lowest BCUT2D eigenvalue weighted by Crippen LogP contribution is -2.25. The summed E-state index contributed by atoms with van der Waals surface area (Å²) in [6.45, 7) is 5.55. The molecule has 76 valence electrons. The molecule has 0 rings (SSSR count). The number of hydrogen-bond donors (Lipinski definition) is 0. The molecule has 13 heavy (non-hydrogen) atoms. The van der Waals surface area contributed by atoms with Gasteiger partial charge < -0.3 is 0 Å². The lowest BCUT2D eigenvalue weighted by Gasteiger charge is -2.13. The van der Waals surface area contributed by atoms with Gasteiger partial charge in [-0.3, -0.25) is 0 Å². The first kappa shape index (κ1) is 12.4. The van der Waals surface area contributed by atoms with Gasteiger partial charge in [0.2, 0.25) is 0 Å². The van der Waals surface area contributed by atoms with E-state index in [1.165, 1.54) is 0 Å². The van der Waals surface area contributed by atoms with Crippen LogP contribution in [0.2, 0.25) is 0 Å². The van der Waals surface area contributed by atoms with Crippen LogP contribution in [0.5, 0.6) is 0 Å². The first-order chi connectivity index (χ1) is 5.94. The first-order valence-electron chi connectivity index (χ1n) is 4.52. The largest absolute Gasteiger partial charge is 0.229 e. The summed E-state index contributed by atoms with van der Waals surface area (Å²) >= 11 is 0. The van der Waals surface area contributed by atoms with Crippen molar-refractivity contribution >= 4 is 9.84 Å². The summed E-state index contributed by atoms with van der Waals surface area (Å²) in [6, 6.07) is 1.92. The van der Waals surface area contributed by atoms with Crippen molar-refractivity contribution in [2.45, 2.75) is 38.9 Å². The maximum atomic E-state index is 11.6. The van der Waals surface area contributed by atoms with Crippen LogP contribution in [-0.2, 0) is 9.84 Å². The normalized spacial score (nSPS) is 14.1. The van der Waals surface area contributed by atoms with Crippen molar-refractivity contribution in [2.24, 2.45) is 5.92 Å². The number of sulfone groups is 1. The van der Waals surface area contributed by atoms with E-state index in [1.807, 2.05) is 19.9 Å². The van der Waals surface area contributed by atoms with Crippen LogP contribution in [0.25, 0.3) is 0 Å². The molecule has 0 amide bonds. The van der Waals surface area contributed by atoms with Gasteiger partial charge in [-0.15, -0.1) is 0 Å². The van der Waals surface area contributed by atoms with E-state index in [4.69, 9.17) is 5.26 Å². The fourth-order valence-corrected chi connectivity index (χ4v) is 3.27. The van der Waals surface area contributed by atoms with E-state index >= 15 is 0 Å². The lowest BCUT2D eigenvalue weighted by atomic mass is 10.3. The summed E-state index contributed by atoms with van der Waals surface area (Å²) in [7, 11) is -3.06. The Morgan fingerprint density at radius 2 is 1.92 bits per heavy atom. The number of rotatable bonds is 5. The average Bonchev–Trinajstić information content (AvgIpc) is 1.97. The van der Waals surface area contributed by atoms with Crippen molar-refractivity contribution < 1.29 is 8.42 Å². The standard InChI is InChI=1S/C9H17NO2S/c1-4-9(5-6-10)13(11,12)7-8(2)3/h8-9H,4-5,7H2,1-3H3. The van der Waals surface area contributed by atoms with Crippen molar-refractivity contribution in [3.8, 4) is 6.07 Å². The molecule has 0 N–H and O–H groups in total. The third-order valence-corrected chi connectivity index (χ3v) is 4.49. The minimum Gasteiger partial charge on any atom is -0.229 e. The monoisotopic (exact) mass is 203 g/mol. The van der Waals surface area contributed by atoms with E-state index in [0.29, 0.717) is 6.42 Å². The van der Waals surface area contributed by atoms with E-state index < -0.39 is 15.1 Å². The molecule has 0 aromatic rings. The van der Waals surface area contributed by atoms with Crippen molar-refractivity contribution in [3.63, 3.8) is 0 Å². The predicted octanol–water partition coefficient (Wildman–Crippen LogP) is 1.75. The highest BCUT2D eigenvalue weighted by molar-refractivity contribution is 7.92. The van der Waals surface area contributed by atoms with E-state index in [1.54, 1.807) is 6.92 Å². The molecule has 0 saturated heterocycles. The highest BCUT2D eigenvalue weighted by Gasteiger charge is 2.24. The summed E-state index contributed by atoms with van der Waals surface area (Å²) in [5.41, 5.74) is 0. The summed E-state index contributed by atoms with van der Waals surface area (Å²) in [4.78, 5) is 0. The Labute approximate surface area is 80.7 Å². The summed E-state index contributed by atoms with van der Waals surface area (Å²) in [5.74, 6) is 0.324. The Kier molecular flexibility index (Phi) is 5.01. The van der Waals surface area contributed by atoms with Gasteiger partial charge in [0.1, 0.15) is 0 Å². The topological polar surface area (TPSA) is 57.9 Å². The van der Waals surface area contributed by atoms with Crippen molar-refractivity contribution in [1.29, 1.82) is 5.26 Å². The number of hydrogen-bond acceptors (Lipinski definition) is 3. The third kappa shape index (κ3) is 4.28. The van der Waals surface area contributed by atoms with E-state index in [-0.39, 0.29) is 18.1 Å². The summed E-state index contributed by atoms with van der Waals surface area (Å²) in [6.07, 6.45) is 0.647. The van der Waals surface area contributed by atoms with Gasteiger partial charge in [0, 0.05) is 0 Å². The maximum absolute atomic E-state index is 11.6. The summed E-state index contributed by atoms with van der Waals surface area (Å²) < 4.78 is 23.2. The van der Waals surface area contributed by atoms with Gasteiger partial charge in [-0.05, 0) is 12.3 Å². The second-order valence-electron chi connectivity index (χ2n) is 3.62. The van der Waals surface area contributed by atoms with E-state index in [9.17, 15) is 8.42 Å². The van der Waals surface area contributed by atoms with Crippen LogP contribution >= 0.6 is 0 Å². The zero-order valence-electron chi connectivity index (χ0n) is 8.45. The Balaban J connectivity index is 4.51. The SMILES string of the molecule is CCC(CC#N)S(=O)(=O)CC(C)C. The predicted molar refractivity (Wildman–Crippen MR) is 52.9 cm³/mol. The quantitative estimate of drug-likeness (QED) is 0.684. The van der Waals surface area contributed by atoms with Crippen LogP contribution in [0.15, 0.2) is 0 Å². The molecule has 0 aliphatic carbocycles. The van der Waals surface area contributed by atoms with Crippen molar-refractivity contribution in [2.75, 3.05) is 5.75 Å². The highest BCUT2D eigenvalue weighted by Crippen LogP contribution is 2.13. The van der Waals surface area contributed by atoms with Crippen LogP contribution in [-0.4, -0.2) is 19.4 Å². The minimum atomic E-state index is -3.06. The molecule has 0 fully saturated rings. The van der Waals surface area contributed by atoms with Crippen molar-refractivity contribution in [1.82, 2.24) is 0 Å². The fraction of sp³-hybridized carbons (Fsp3) is 0.889. The van der Waals surface area contributed by atoms with Crippen LogP contribution in [0, 0.1) is 17.2 Å². The smallest absolute Gasteiger partial charge is 0.154 e. The molecular formula is C9H17NO2S. The Morgan fingerprint density at radius 3 is 2.23 bits per heavy atom. The molecule has 0 bridgehead atoms. The Morgan fingerprint density at radius 1 is 1.38 bits per heavy atom. The molecule has 0 heterocycles. The lowest BCUT2D eigenvalue weighted by molar-refractivity contribution is 0.563. The molecule has 0 aromatic heterocycles. The van der Waals surface area contributed by atoms with Gasteiger partial charge in [0.05, 0.1) is 23.5 Å². The van der Waals surface area contributed by atoms with Gasteiger partial charge in [0.25, 0.3) is 0 Å². The molecular weight excluding hydrogens is 186 g/mol. The second-order valence-corrected chi connectivity index (χ2v) is 5.94. The van der Waals surface area contributed by atoms with Gasteiger partial charge in [-0.1, -0.05) is 20.8 Å². The maximum Gasteiger partial charge on any atom is 0.154 e. The molecule has 0 aliphatic heterocycles. The molecule has 1 atom stereocenters. The second kappa shape index (κ2) is 5.23. The average molecular weight is 203 g/mol. The van der Waals surface area contributed by atoms with Crippen LogP contribution < -0.4 is 0 Å². The van der Waals surface area contributed by atoms with Gasteiger partial charge in [-0.25, -0.2) is 8.42 Å². The molecule has 4 heteroatoms. The summed E-state index contributed by atoms with van der Waals surface area (Å²) in [5, 5.41) is 7.98. The zero-order chi connectivity index (χ0) is 10.5. The Hall–Kier alpha value is -0.560. The molecule has 0 spiro atoms. The highest BCUT2D eigenvalue weighted by atomic mass is 32.2. The molecule has 3 nitrogen and oxygen atoms in total. The van der Waals surface area contributed by atoms with Crippen molar-refractivity contribution in [3.05, 3.63) is 0 Å². The van der Waals surface area contributed by atoms with Gasteiger partial charge >= 0.3 is 0 Å². The number of nitrogens with zero attached hydrogens (tertiary/aromatic N) is 1. The van der Waals surface area contributed by atoms with Crippen LogP contribution in [0.1, 0.15) is 33.6 Å². The van der Waals surface area contributed by atoms with Crippen LogP contribution in [0.4, 0.5) is 0 Å².